The van der Waals surface area contributed by atoms with Crippen LogP contribution < -0.4 is 5.32 Å². The molecule has 0 aromatic rings. The van der Waals surface area contributed by atoms with Gasteiger partial charge in [0.25, 0.3) is 10.1 Å². The Kier molecular flexibility index (Phi) is 7.95. The topological polar surface area (TPSA) is 69.6 Å². The fourth-order valence-corrected chi connectivity index (χ4v) is 1.80. The van der Waals surface area contributed by atoms with Gasteiger partial charge in [0.15, 0.2) is 0 Å². The van der Waals surface area contributed by atoms with E-state index in [1.807, 2.05) is 0 Å². The molecule has 0 spiro atoms. The van der Waals surface area contributed by atoms with Crippen LogP contribution in [0, 0.1) is 0 Å². The summed E-state index contributed by atoms with van der Waals surface area (Å²) in [5.41, 5.74) is 0. The van der Waals surface area contributed by atoms with Gasteiger partial charge in [0, 0.05) is 26.2 Å². The van der Waals surface area contributed by atoms with Crippen molar-refractivity contribution >= 4 is 10.1 Å². The zero-order chi connectivity index (χ0) is 11.7. The van der Waals surface area contributed by atoms with Crippen LogP contribution in [-0.4, -0.2) is 56.3 Å². The summed E-state index contributed by atoms with van der Waals surface area (Å²) in [6.07, 6.45) is 0.471. The first-order valence-corrected chi connectivity index (χ1v) is 6.98. The van der Waals surface area contributed by atoms with Crippen molar-refractivity contribution in [2.45, 2.75) is 20.3 Å². The van der Waals surface area contributed by atoms with Crippen LogP contribution in [0.4, 0.5) is 0 Å². The first-order valence-electron chi connectivity index (χ1n) is 5.37. The summed E-state index contributed by atoms with van der Waals surface area (Å²) in [7, 11) is -3.67. The van der Waals surface area contributed by atoms with Gasteiger partial charge in [0.2, 0.25) is 0 Å². The van der Waals surface area contributed by atoms with Gasteiger partial charge in [-0.25, -0.2) is 0 Å². The lowest BCUT2D eigenvalue weighted by atomic mass is 10.4. The molecule has 1 fully saturated rings. The van der Waals surface area contributed by atoms with Gasteiger partial charge in [-0.05, 0) is 13.0 Å². The second kappa shape index (κ2) is 8.04. The van der Waals surface area contributed by atoms with Gasteiger partial charge >= 0.3 is 0 Å². The minimum absolute atomic E-state index is 0.132. The molecule has 1 heterocycles. The van der Waals surface area contributed by atoms with Crippen LogP contribution in [-0.2, 0) is 10.1 Å². The zero-order valence-electron chi connectivity index (χ0n) is 9.57. The molecule has 1 saturated heterocycles. The monoisotopic (exact) mass is 238 g/mol. The van der Waals surface area contributed by atoms with Crippen molar-refractivity contribution in [2.24, 2.45) is 0 Å². The van der Waals surface area contributed by atoms with Gasteiger partial charge in [-0.1, -0.05) is 13.8 Å². The molecule has 2 N–H and O–H groups in total. The van der Waals surface area contributed by atoms with E-state index in [9.17, 15) is 8.42 Å². The van der Waals surface area contributed by atoms with Crippen molar-refractivity contribution in [1.29, 1.82) is 0 Å². The lowest BCUT2D eigenvalue weighted by Crippen LogP contribution is -2.43. The minimum atomic E-state index is -3.67. The second-order valence-electron chi connectivity index (χ2n) is 3.47. The molecule has 0 amide bonds. The average Bonchev–Trinajstić information content (AvgIpc) is 2.18. The Hall–Kier alpha value is -0.170. The number of hydrogen-bond donors (Lipinski definition) is 2. The average molecular weight is 238 g/mol. The Balaban J connectivity index is 0.000000265. The van der Waals surface area contributed by atoms with Gasteiger partial charge < -0.3 is 10.2 Å². The van der Waals surface area contributed by atoms with E-state index >= 15 is 0 Å². The normalized spacial score (nSPS) is 18.1. The zero-order valence-corrected chi connectivity index (χ0v) is 10.4. The number of nitrogens with zero attached hydrogens (tertiary/aromatic N) is 1. The third kappa shape index (κ3) is 10.1. The summed E-state index contributed by atoms with van der Waals surface area (Å²) in [6, 6.07) is 0. The van der Waals surface area contributed by atoms with Crippen LogP contribution in [0.3, 0.4) is 0 Å². The van der Waals surface area contributed by atoms with Gasteiger partial charge in [-0.2, -0.15) is 8.42 Å². The van der Waals surface area contributed by atoms with E-state index in [4.69, 9.17) is 4.55 Å². The summed E-state index contributed by atoms with van der Waals surface area (Å²) < 4.78 is 27.6. The van der Waals surface area contributed by atoms with Crippen molar-refractivity contribution in [1.82, 2.24) is 10.2 Å². The molecule has 92 valence electrons. The second-order valence-corrected chi connectivity index (χ2v) is 5.04. The van der Waals surface area contributed by atoms with Crippen LogP contribution in [0.15, 0.2) is 0 Å². The van der Waals surface area contributed by atoms with Crippen LogP contribution in [0.2, 0.25) is 0 Å². The summed E-state index contributed by atoms with van der Waals surface area (Å²) in [4.78, 5) is 2.45. The highest BCUT2D eigenvalue weighted by atomic mass is 32.2. The van der Waals surface area contributed by atoms with Crippen molar-refractivity contribution in [3.05, 3.63) is 0 Å². The Labute approximate surface area is 92.6 Å². The highest BCUT2D eigenvalue weighted by Gasteiger charge is 2.04. The first kappa shape index (κ1) is 14.8. The minimum Gasteiger partial charge on any atom is -0.314 e. The van der Waals surface area contributed by atoms with Gasteiger partial charge in [-0.15, -0.1) is 0 Å². The van der Waals surface area contributed by atoms with Crippen molar-refractivity contribution in [2.75, 3.05) is 38.5 Å². The Bertz CT molecular complexity index is 236. The smallest absolute Gasteiger partial charge is 0.264 e. The Morgan fingerprint density at radius 3 is 2.00 bits per heavy atom. The van der Waals surface area contributed by atoms with Crippen molar-refractivity contribution in [3.63, 3.8) is 0 Å². The number of piperazine rings is 1. The fourth-order valence-electron chi connectivity index (χ4n) is 1.29. The van der Waals surface area contributed by atoms with Gasteiger partial charge in [0.05, 0.1) is 5.75 Å². The number of hydrogen-bond acceptors (Lipinski definition) is 4. The lowest BCUT2D eigenvalue weighted by Gasteiger charge is -2.25. The first-order chi connectivity index (χ1) is 6.99. The molecule has 0 saturated carbocycles. The van der Waals surface area contributed by atoms with E-state index in [0.717, 1.165) is 0 Å². The SMILES string of the molecule is CCCS(=O)(=O)O.CCN1CCNCC1. The lowest BCUT2D eigenvalue weighted by molar-refractivity contribution is 0.253. The Morgan fingerprint density at radius 1 is 1.27 bits per heavy atom. The Morgan fingerprint density at radius 2 is 1.80 bits per heavy atom. The maximum atomic E-state index is 9.79. The molecule has 0 radical (unpaired) electrons. The van der Waals surface area contributed by atoms with E-state index < -0.39 is 10.1 Å². The van der Waals surface area contributed by atoms with E-state index in [1.165, 1.54) is 32.7 Å². The molecule has 1 aliphatic rings. The molecule has 0 bridgehead atoms. The van der Waals surface area contributed by atoms with Crippen LogP contribution in [0.25, 0.3) is 0 Å². The molecule has 0 unspecified atom stereocenters. The van der Waals surface area contributed by atoms with E-state index in [2.05, 4.69) is 17.1 Å². The molecule has 5 nitrogen and oxygen atoms in total. The fraction of sp³-hybridized carbons (Fsp3) is 1.00. The largest absolute Gasteiger partial charge is 0.314 e. The molecule has 0 aromatic carbocycles. The van der Waals surface area contributed by atoms with Gasteiger partial charge in [-0.3, -0.25) is 4.55 Å². The summed E-state index contributed by atoms with van der Waals surface area (Å²) >= 11 is 0. The molecule has 0 atom stereocenters. The van der Waals surface area contributed by atoms with Crippen molar-refractivity contribution in [3.8, 4) is 0 Å². The van der Waals surface area contributed by atoms with Gasteiger partial charge in [0.1, 0.15) is 0 Å². The molecule has 1 aliphatic heterocycles. The summed E-state index contributed by atoms with van der Waals surface area (Å²) in [5, 5.41) is 3.31. The summed E-state index contributed by atoms with van der Waals surface area (Å²) in [5.74, 6) is -0.132. The molecule has 0 aromatic heterocycles. The number of rotatable bonds is 3. The molecular formula is C9H22N2O3S. The van der Waals surface area contributed by atoms with E-state index in [-0.39, 0.29) is 5.75 Å². The van der Waals surface area contributed by atoms with E-state index in [1.54, 1.807) is 6.92 Å². The maximum absolute atomic E-state index is 9.79. The third-order valence-electron chi connectivity index (χ3n) is 2.12. The van der Waals surface area contributed by atoms with Crippen LogP contribution in [0.5, 0.6) is 0 Å². The van der Waals surface area contributed by atoms with E-state index in [0.29, 0.717) is 6.42 Å². The number of nitrogens with one attached hydrogen (secondary N) is 1. The quantitative estimate of drug-likeness (QED) is 0.687. The highest BCUT2D eigenvalue weighted by Crippen LogP contribution is 1.88. The predicted octanol–water partition coefficient (Wildman–Crippen LogP) is 0.196. The van der Waals surface area contributed by atoms with Crippen LogP contribution >= 0.6 is 0 Å². The maximum Gasteiger partial charge on any atom is 0.264 e. The standard InChI is InChI=1S/C6H14N2.C3H8O3S/c1-2-8-5-3-7-4-6-8;1-2-3-7(4,5)6/h7H,2-6H2,1H3;2-3H2,1H3,(H,4,5,6). The molecule has 6 heteroatoms. The third-order valence-corrected chi connectivity index (χ3v) is 3.04. The molecule has 0 aliphatic carbocycles. The molecule has 1 rings (SSSR count). The number of likely N-dealkylation sites (N-methyl/N-ethyl adjacent to an activating group) is 1. The van der Waals surface area contributed by atoms with Crippen molar-refractivity contribution < 1.29 is 13.0 Å². The molecule has 15 heavy (non-hydrogen) atoms. The molecular weight excluding hydrogens is 216 g/mol. The van der Waals surface area contributed by atoms with Crippen LogP contribution in [0.1, 0.15) is 20.3 Å². The highest BCUT2D eigenvalue weighted by molar-refractivity contribution is 7.85. The predicted molar refractivity (Wildman–Crippen MR) is 61.7 cm³/mol. The summed E-state index contributed by atoms with van der Waals surface area (Å²) in [6.45, 7) is 9.93.